The molecule has 1 unspecified atom stereocenters. The lowest BCUT2D eigenvalue weighted by Gasteiger charge is -2.28. The first-order valence-corrected chi connectivity index (χ1v) is 8.31. The minimum absolute atomic E-state index is 0.301. The van der Waals surface area contributed by atoms with Gasteiger partial charge in [0, 0.05) is 23.2 Å². The van der Waals surface area contributed by atoms with E-state index in [2.05, 4.69) is 11.4 Å². The molecule has 4 nitrogen and oxygen atoms in total. The van der Waals surface area contributed by atoms with Crippen LogP contribution >= 0.6 is 11.6 Å². The highest BCUT2D eigenvalue weighted by Crippen LogP contribution is 2.30. The van der Waals surface area contributed by atoms with E-state index in [1.54, 1.807) is 25.1 Å². The maximum Gasteiger partial charge on any atom is 0.330 e. The Morgan fingerprint density at radius 1 is 1.24 bits per heavy atom. The van der Waals surface area contributed by atoms with Gasteiger partial charge in [0.15, 0.2) is 5.54 Å². The Bertz CT molecular complexity index is 767. The Morgan fingerprint density at radius 3 is 2.52 bits per heavy atom. The number of ether oxygens (including phenoxy) is 1. The molecule has 0 spiro atoms. The Morgan fingerprint density at radius 2 is 1.92 bits per heavy atom. The fourth-order valence-electron chi connectivity index (χ4n) is 2.40. The Hall–Kier alpha value is -2.77. The molecule has 0 aliphatic heterocycles. The second kappa shape index (κ2) is 8.91. The van der Waals surface area contributed by atoms with Crippen molar-refractivity contribution in [2.75, 3.05) is 11.9 Å². The van der Waals surface area contributed by atoms with Crippen LogP contribution in [0, 0.1) is 11.3 Å². The molecular formula is C20H19ClN2O2. The van der Waals surface area contributed by atoms with Crippen LogP contribution < -0.4 is 5.32 Å². The lowest BCUT2D eigenvalue weighted by atomic mass is 9.87. The normalized spacial score (nSPS) is 13.0. The number of nitriles is 1. The molecule has 0 aromatic heterocycles. The number of carbonyl (C=O) groups excluding carboxylic acids is 1. The number of carbonyl (C=O) groups is 1. The van der Waals surface area contributed by atoms with E-state index in [9.17, 15) is 10.1 Å². The smallest absolute Gasteiger partial charge is 0.330 e. The summed E-state index contributed by atoms with van der Waals surface area (Å²) in [4.78, 5) is 11.5. The van der Waals surface area contributed by atoms with Gasteiger partial charge in [-0.05, 0) is 36.8 Å². The second-order valence-electron chi connectivity index (χ2n) is 5.37. The van der Waals surface area contributed by atoms with Gasteiger partial charge in [0.1, 0.15) is 0 Å². The summed E-state index contributed by atoms with van der Waals surface area (Å²) in [6, 6.07) is 18.9. The molecule has 1 atom stereocenters. The van der Waals surface area contributed by atoms with Crippen molar-refractivity contribution in [3.8, 4) is 6.07 Å². The highest BCUT2D eigenvalue weighted by Gasteiger charge is 2.31. The van der Waals surface area contributed by atoms with Gasteiger partial charge in [0.05, 0.1) is 12.7 Å². The number of nitrogens with one attached hydrogen (secondary N) is 1. The summed E-state index contributed by atoms with van der Waals surface area (Å²) in [6.45, 7) is 2.06. The zero-order valence-electron chi connectivity index (χ0n) is 13.9. The third-order valence-electron chi connectivity index (χ3n) is 3.62. The second-order valence-corrected chi connectivity index (χ2v) is 5.81. The molecule has 0 saturated heterocycles. The first-order valence-electron chi connectivity index (χ1n) is 7.93. The van der Waals surface area contributed by atoms with E-state index < -0.39 is 11.5 Å². The summed E-state index contributed by atoms with van der Waals surface area (Å²) < 4.78 is 4.88. The average molecular weight is 355 g/mol. The molecule has 0 aliphatic rings. The van der Waals surface area contributed by atoms with Gasteiger partial charge in [-0.25, -0.2) is 4.79 Å². The van der Waals surface area contributed by atoms with E-state index in [4.69, 9.17) is 16.3 Å². The standard InChI is InChI=1S/C20H19ClN2O2/c1-2-25-19(24)9-6-14-20(15-22,16-7-4-3-5-8-16)23-18-12-10-17(21)11-13-18/h3-13,23H,2,14H2,1H3/b9-6+. The van der Waals surface area contributed by atoms with Crippen molar-refractivity contribution in [1.82, 2.24) is 0 Å². The molecular weight excluding hydrogens is 336 g/mol. The van der Waals surface area contributed by atoms with Crippen molar-refractivity contribution in [3.63, 3.8) is 0 Å². The molecule has 0 fully saturated rings. The zero-order valence-corrected chi connectivity index (χ0v) is 14.7. The molecule has 0 saturated carbocycles. The number of hydrogen-bond acceptors (Lipinski definition) is 4. The number of halogens is 1. The van der Waals surface area contributed by atoms with E-state index in [-0.39, 0.29) is 0 Å². The van der Waals surface area contributed by atoms with Gasteiger partial charge in [-0.2, -0.15) is 5.26 Å². The van der Waals surface area contributed by atoms with Gasteiger partial charge in [0.25, 0.3) is 0 Å². The molecule has 1 N–H and O–H groups in total. The minimum Gasteiger partial charge on any atom is -0.463 e. The van der Waals surface area contributed by atoms with Crippen LogP contribution in [-0.2, 0) is 15.1 Å². The molecule has 2 rings (SSSR count). The van der Waals surface area contributed by atoms with E-state index in [0.29, 0.717) is 18.1 Å². The molecule has 2 aromatic carbocycles. The van der Waals surface area contributed by atoms with Crippen molar-refractivity contribution < 1.29 is 9.53 Å². The minimum atomic E-state index is -1.02. The van der Waals surface area contributed by atoms with E-state index in [1.165, 1.54) is 6.08 Å². The molecule has 5 heteroatoms. The van der Waals surface area contributed by atoms with Crippen LogP contribution in [0.1, 0.15) is 18.9 Å². The van der Waals surface area contributed by atoms with Crippen molar-refractivity contribution in [2.24, 2.45) is 0 Å². The van der Waals surface area contributed by atoms with Crippen LogP contribution in [0.4, 0.5) is 5.69 Å². The van der Waals surface area contributed by atoms with Crippen LogP contribution in [0.5, 0.6) is 0 Å². The fourth-order valence-corrected chi connectivity index (χ4v) is 2.53. The predicted molar refractivity (Wildman–Crippen MR) is 99.2 cm³/mol. The predicted octanol–water partition coefficient (Wildman–Crippen LogP) is 4.68. The summed E-state index contributed by atoms with van der Waals surface area (Å²) in [5.74, 6) is -0.422. The van der Waals surface area contributed by atoms with Crippen molar-refractivity contribution in [1.29, 1.82) is 5.26 Å². The number of rotatable bonds is 7. The molecule has 128 valence electrons. The van der Waals surface area contributed by atoms with Crippen molar-refractivity contribution >= 4 is 23.3 Å². The number of esters is 1. The van der Waals surface area contributed by atoms with E-state index in [1.807, 2.05) is 42.5 Å². The maximum atomic E-state index is 11.5. The SMILES string of the molecule is CCOC(=O)/C=C/CC(C#N)(Nc1ccc(Cl)cc1)c1ccccc1. The maximum absolute atomic E-state index is 11.5. The summed E-state index contributed by atoms with van der Waals surface area (Å²) in [5.41, 5.74) is 0.554. The average Bonchev–Trinajstić information content (AvgIpc) is 2.63. The molecule has 0 aliphatic carbocycles. The van der Waals surface area contributed by atoms with Gasteiger partial charge >= 0.3 is 5.97 Å². The van der Waals surface area contributed by atoms with Crippen LogP contribution in [0.25, 0.3) is 0 Å². The topological polar surface area (TPSA) is 62.1 Å². The summed E-state index contributed by atoms with van der Waals surface area (Å²) in [6.07, 6.45) is 3.30. The third kappa shape index (κ3) is 5.10. The number of anilines is 1. The summed E-state index contributed by atoms with van der Waals surface area (Å²) in [5, 5.41) is 13.8. The molecule has 0 bridgehead atoms. The van der Waals surface area contributed by atoms with Crippen molar-refractivity contribution in [2.45, 2.75) is 18.9 Å². The summed E-state index contributed by atoms with van der Waals surface area (Å²) >= 11 is 5.93. The van der Waals surface area contributed by atoms with E-state index in [0.717, 1.165) is 11.3 Å². The number of benzene rings is 2. The van der Waals surface area contributed by atoms with Crippen LogP contribution in [-0.4, -0.2) is 12.6 Å². The highest BCUT2D eigenvalue weighted by molar-refractivity contribution is 6.30. The Balaban J connectivity index is 2.31. The van der Waals surface area contributed by atoms with Crippen LogP contribution in [0.15, 0.2) is 66.7 Å². The van der Waals surface area contributed by atoms with Crippen molar-refractivity contribution in [3.05, 3.63) is 77.3 Å². The molecule has 0 radical (unpaired) electrons. The fraction of sp³-hybridized carbons (Fsp3) is 0.200. The van der Waals surface area contributed by atoms with Gasteiger partial charge in [0.2, 0.25) is 0 Å². The Kier molecular flexibility index (Phi) is 6.62. The quantitative estimate of drug-likeness (QED) is 0.579. The molecule has 0 heterocycles. The number of nitrogens with zero attached hydrogens (tertiary/aromatic N) is 1. The first kappa shape index (κ1) is 18.6. The molecule has 2 aromatic rings. The van der Waals surface area contributed by atoms with Gasteiger partial charge in [-0.15, -0.1) is 0 Å². The Labute approximate surface area is 152 Å². The van der Waals surface area contributed by atoms with Gasteiger partial charge < -0.3 is 10.1 Å². The highest BCUT2D eigenvalue weighted by atomic mass is 35.5. The van der Waals surface area contributed by atoms with Crippen LogP contribution in [0.3, 0.4) is 0 Å². The van der Waals surface area contributed by atoms with Gasteiger partial charge in [-0.1, -0.05) is 48.0 Å². The molecule has 0 amide bonds. The monoisotopic (exact) mass is 354 g/mol. The number of hydrogen-bond donors (Lipinski definition) is 1. The third-order valence-corrected chi connectivity index (χ3v) is 3.88. The van der Waals surface area contributed by atoms with E-state index >= 15 is 0 Å². The lowest BCUT2D eigenvalue weighted by molar-refractivity contribution is -0.137. The first-order chi connectivity index (χ1) is 12.1. The largest absolute Gasteiger partial charge is 0.463 e. The summed E-state index contributed by atoms with van der Waals surface area (Å²) in [7, 11) is 0. The molecule has 25 heavy (non-hydrogen) atoms. The van der Waals surface area contributed by atoms with Gasteiger partial charge in [-0.3, -0.25) is 0 Å². The lowest BCUT2D eigenvalue weighted by Crippen LogP contribution is -2.33. The zero-order chi connectivity index (χ0) is 18.1. The van der Waals surface area contributed by atoms with Crippen LogP contribution in [0.2, 0.25) is 5.02 Å².